The van der Waals surface area contributed by atoms with Crippen LogP contribution in [-0.4, -0.2) is 34.0 Å². The Hall–Kier alpha value is -3.31. The highest BCUT2D eigenvalue weighted by Crippen LogP contribution is 2.38. The Morgan fingerprint density at radius 3 is 2.31 bits per heavy atom. The largest absolute Gasteiger partial charge is 0.487 e. The van der Waals surface area contributed by atoms with E-state index >= 15 is 0 Å². The minimum Gasteiger partial charge on any atom is -0.487 e. The summed E-state index contributed by atoms with van der Waals surface area (Å²) < 4.78 is 6.31. The molecule has 3 aromatic carbocycles. The molecular weight excluding hydrogens is 462 g/mol. The molecule has 5 nitrogen and oxygen atoms in total. The third-order valence-electron chi connectivity index (χ3n) is 6.35. The molecule has 0 radical (unpaired) electrons. The summed E-state index contributed by atoms with van der Waals surface area (Å²) in [7, 11) is 0. The minimum atomic E-state index is -1.06. The van der Waals surface area contributed by atoms with Crippen LogP contribution in [-0.2, 0) is 24.2 Å². The van der Waals surface area contributed by atoms with Gasteiger partial charge in [0.2, 0.25) is 0 Å². The number of carbonyl (C=O) groups excluding carboxylic acids is 1. The van der Waals surface area contributed by atoms with Gasteiger partial charge in [-0.15, -0.1) is 0 Å². The zero-order chi connectivity index (χ0) is 25.2. The summed E-state index contributed by atoms with van der Waals surface area (Å²) in [6.07, 6.45) is 1.43. The maximum atomic E-state index is 13.3. The van der Waals surface area contributed by atoms with Crippen LogP contribution in [0.25, 0.3) is 0 Å². The molecular formula is C29H30ClNO4. The number of carboxylic acids is 1. The Labute approximate surface area is 211 Å². The normalized spacial score (nSPS) is 16.6. The maximum Gasteiger partial charge on any atom is 0.323 e. The Balaban J connectivity index is 1.50. The summed E-state index contributed by atoms with van der Waals surface area (Å²) in [4.78, 5) is 26.1. The summed E-state index contributed by atoms with van der Waals surface area (Å²) in [6, 6.07) is 21.0. The Bertz CT molecular complexity index is 1220. The number of hydrogen-bond acceptors (Lipinski definition) is 3. The molecule has 0 bridgehead atoms. The highest BCUT2D eigenvalue weighted by atomic mass is 35.5. The molecule has 0 fully saturated rings. The number of ether oxygens (including phenoxy) is 1. The highest BCUT2D eigenvalue weighted by Gasteiger charge is 2.35. The van der Waals surface area contributed by atoms with Gasteiger partial charge in [-0.05, 0) is 65.4 Å². The van der Waals surface area contributed by atoms with Crippen LogP contribution in [0.4, 0.5) is 0 Å². The van der Waals surface area contributed by atoms with E-state index in [-0.39, 0.29) is 19.0 Å². The van der Waals surface area contributed by atoms with Crippen LogP contribution in [0.15, 0.2) is 66.7 Å². The first-order chi connectivity index (χ1) is 16.6. The third-order valence-corrected chi connectivity index (χ3v) is 6.60. The van der Waals surface area contributed by atoms with Gasteiger partial charge in [0, 0.05) is 30.0 Å². The molecule has 1 amide bonds. The fraction of sp³-hybridized carbons (Fsp3) is 0.310. The molecule has 0 unspecified atom stereocenters. The molecule has 35 heavy (non-hydrogen) atoms. The van der Waals surface area contributed by atoms with Crippen LogP contribution < -0.4 is 4.74 Å². The van der Waals surface area contributed by atoms with Crippen molar-refractivity contribution in [2.75, 3.05) is 6.54 Å². The van der Waals surface area contributed by atoms with Crippen LogP contribution in [0.3, 0.4) is 0 Å². The van der Waals surface area contributed by atoms with Crippen LogP contribution in [0.2, 0.25) is 5.02 Å². The second-order valence-corrected chi connectivity index (χ2v) is 10.2. The fourth-order valence-electron chi connectivity index (χ4n) is 4.56. The molecule has 3 aromatic rings. The molecule has 0 spiro atoms. The molecule has 1 heterocycles. The van der Waals surface area contributed by atoms with Crippen LogP contribution in [0.5, 0.6) is 5.75 Å². The highest BCUT2D eigenvalue weighted by molar-refractivity contribution is 6.30. The van der Waals surface area contributed by atoms with Crippen molar-refractivity contribution in [2.24, 2.45) is 0 Å². The summed E-state index contributed by atoms with van der Waals surface area (Å²) in [5, 5.41) is 9.96. The summed E-state index contributed by atoms with van der Waals surface area (Å²) in [6.45, 7) is 6.24. The molecule has 1 aliphatic heterocycles. The molecule has 182 valence electrons. The first kappa shape index (κ1) is 24.8. The van der Waals surface area contributed by atoms with Gasteiger partial charge in [0.25, 0.3) is 5.91 Å². The van der Waals surface area contributed by atoms with Crippen LogP contribution in [0, 0.1) is 0 Å². The van der Waals surface area contributed by atoms with Crippen LogP contribution >= 0.6 is 11.6 Å². The first-order valence-corrected chi connectivity index (χ1v) is 12.2. The van der Waals surface area contributed by atoms with Crippen LogP contribution in [0.1, 0.15) is 59.3 Å². The van der Waals surface area contributed by atoms with Crippen molar-refractivity contribution in [2.45, 2.75) is 51.7 Å². The molecule has 1 atom stereocenters. The Morgan fingerprint density at radius 1 is 1.03 bits per heavy atom. The predicted molar refractivity (Wildman–Crippen MR) is 137 cm³/mol. The zero-order valence-corrected chi connectivity index (χ0v) is 21.0. The topological polar surface area (TPSA) is 66.8 Å². The van der Waals surface area contributed by atoms with Gasteiger partial charge >= 0.3 is 5.97 Å². The van der Waals surface area contributed by atoms with Crippen molar-refractivity contribution >= 4 is 23.5 Å². The summed E-state index contributed by atoms with van der Waals surface area (Å²) >= 11 is 5.95. The van der Waals surface area contributed by atoms with Gasteiger partial charge in [-0.2, -0.15) is 0 Å². The van der Waals surface area contributed by atoms with E-state index in [0.717, 1.165) is 23.3 Å². The van der Waals surface area contributed by atoms with E-state index in [0.29, 0.717) is 22.9 Å². The fourth-order valence-corrected chi connectivity index (χ4v) is 4.69. The number of halogens is 1. The van der Waals surface area contributed by atoms with E-state index in [1.54, 1.807) is 30.3 Å². The monoisotopic (exact) mass is 491 g/mol. The number of benzene rings is 3. The number of fused-ring (bicyclic) bond motifs is 1. The third kappa shape index (κ3) is 6.04. The van der Waals surface area contributed by atoms with E-state index in [4.69, 9.17) is 16.3 Å². The van der Waals surface area contributed by atoms with Crippen molar-refractivity contribution in [1.82, 2.24) is 4.90 Å². The lowest BCUT2D eigenvalue weighted by Gasteiger charge is -2.24. The van der Waals surface area contributed by atoms with E-state index in [9.17, 15) is 14.7 Å². The van der Waals surface area contributed by atoms with Crippen molar-refractivity contribution in [3.8, 4) is 5.75 Å². The molecule has 0 saturated heterocycles. The number of aliphatic carboxylic acids is 1. The Morgan fingerprint density at radius 2 is 1.69 bits per heavy atom. The van der Waals surface area contributed by atoms with Gasteiger partial charge in [-0.1, -0.05) is 61.8 Å². The van der Waals surface area contributed by atoms with Gasteiger partial charge in [-0.25, -0.2) is 0 Å². The van der Waals surface area contributed by atoms with E-state index in [1.165, 1.54) is 16.0 Å². The number of amides is 1. The van der Waals surface area contributed by atoms with Crippen molar-refractivity contribution in [3.05, 3.63) is 99.6 Å². The number of rotatable bonds is 8. The average Bonchev–Trinajstić information content (AvgIpc) is 3.14. The molecule has 0 saturated carbocycles. The van der Waals surface area contributed by atoms with E-state index in [1.807, 2.05) is 12.1 Å². The van der Waals surface area contributed by atoms with Crippen molar-refractivity contribution in [1.29, 1.82) is 0 Å². The van der Waals surface area contributed by atoms with Gasteiger partial charge in [-0.3, -0.25) is 9.59 Å². The first-order valence-electron chi connectivity index (χ1n) is 11.8. The Kier molecular flexibility index (Phi) is 7.18. The van der Waals surface area contributed by atoms with Crippen molar-refractivity contribution in [3.63, 3.8) is 0 Å². The van der Waals surface area contributed by atoms with Gasteiger partial charge in [0.05, 0.1) is 0 Å². The zero-order valence-electron chi connectivity index (χ0n) is 20.3. The minimum absolute atomic E-state index is 0.181. The van der Waals surface area contributed by atoms with Gasteiger partial charge in [0.1, 0.15) is 17.9 Å². The smallest absolute Gasteiger partial charge is 0.323 e. The summed E-state index contributed by atoms with van der Waals surface area (Å²) in [5.41, 5.74) is 4.32. The molecule has 0 aliphatic carbocycles. The second-order valence-electron chi connectivity index (χ2n) is 9.81. The number of carbonyl (C=O) groups is 2. The molecule has 6 heteroatoms. The number of carboxylic acid groups (broad SMARTS) is 1. The lowest BCUT2D eigenvalue weighted by molar-refractivity contribution is -0.137. The average molecular weight is 492 g/mol. The van der Waals surface area contributed by atoms with Gasteiger partial charge < -0.3 is 14.7 Å². The van der Waals surface area contributed by atoms with Gasteiger partial charge in [0.15, 0.2) is 0 Å². The van der Waals surface area contributed by atoms with Crippen molar-refractivity contribution < 1.29 is 19.4 Å². The lowest BCUT2D eigenvalue weighted by atomic mass is 9.90. The van der Waals surface area contributed by atoms with E-state index < -0.39 is 11.6 Å². The standard InChI is InChI=1S/C29H30ClNO4/c1-19(2)22-8-4-20(5-9-22)15-29(3)16-24-14-23(10-13-26(24)35-29)28(34)31(18-27(32)33)17-21-6-11-25(30)12-7-21/h4-14,19H,15-18H2,1-3H3,(H,32,33)/t29-/m0/s1. The molecule has 1 N–H and O–H groups in total. The number of nitrogens with zero attached hydrogens (tertiary/aromatic N) is 1. The maximum absolute atomic E-state index is 13.3. The lowest BCUT2D eigenvalue weighted by Crippen LogP contribution is -2.35. The molecule has 1 aliphatic rings. The second kappa shape index (κ2) is 10.1. The molecule has 4 rings (SSSR count). The quantitative estimate of drug-likeness (QED) is 0.412. The number of hydrogen-bond donors (Lipinski definition) is 1. The SMILES string of the molecule is CC(C)c1ccc(C[C@@]2(C)Cc3cc(C(=O)N(CC(=O)O)Cc4ccc(Cl)cc4)ccc3O2)cc1. The summed E-state index contributed by atoms with van der Waals surface area (Å²) in [5.74, 6) is -0.135. The predicted octanol–water partition coefficient (Wildman–Crippen LogP) is 6.13. The molecule has 0 aromatic heterocycles. The van der Waals surface area contributed by atoms with E-state index in [2.05, 4.69) is 45.0 Å².